The van der Waals surface area contributed by atoms with Gasteiger partial charge in [0, 0.05) is 12.1 Å². The molecule has 1 heterocycles. The van der Waals surface area contributed by atoms with Crippen LogP contribution in [0.1, 0.15) is 31.8 Å². The molecule has 172 valence electrons. The minimum atomic E-state index is -1.06. The average Bonchev–Trinajstić information content (AvgIpc) is 2.85. The minimum absolute atomic E-state index is 0.0438. The number of H-pyrrole nitrogens is 1. The first-order chi connectivity index (χ1) is 16.4. The Kier molecular flexibility index (Phi) is 6.26. The van der Waals surface area contributed by atoms with E-state index in [1.165, 1.54) is 30.3 Å². The van der Waals surface area contributed by atoms with Crippen LogP contribution in [0.5, 0.6) is 5.75 Å². The number of fused-ring (bicyclic) bond motifs is 1. The average molecular weight is 459 g/mol. The Morgan fingerprint density at radius 2 is 1.59 bits per heavy atom. The van der Waals surface area contributed by atoms with Crippen LogP contribution in [0.4, 0.5) is 0 Å². The van der Waals surface area contributed by atoms with Crippen LogP contribution in [0.2, 0.25) is 0 Å². The van der Waals surface area contributed by atoms with Crippen LogP contribution in [0.15, 0.2) is 76.3 Å². The van der Waals surface area contributed by atoms with Crippen molar-refractivity contribution in [2.24, 2.45) is 0 Å². The van der Waals surface area contributed by atoms with E-state index in [1.807, 2.05) is 12.1 Å². The number of aromatic carboxylic acids is 1. The summed E-state index contributed by atoms with van der Waals surface area (Å²) in [5, 5.41) is 12.0. The molecule has 3 aromatic carbocycles. The summed E-state index contributed by atoms with van der Waals surface area (Å²) in [6.07, 6.45) is 0. The molecule has 1 aromatic heterocycles. The second-order valence-electron chi connectivity index (χ2n) is 7.61. The number of hydrogen-bond donors (Lipinski definition) is 3. The first-order valence-corrected chi connectivity index (χ1v) is 10.4. The summed E-state index contributed by atoms with van der Waals surface area (Å²) >= 11 is 0. The van der Waals surface area contributed by atoms with E-state index >= 15 is 0 Å². The van der Waals surface area contributed by atoms with Crippen molar-refractivity contribution in [2.75, 3.05) is 7.11 Å². The topological polar surface area (TPSA) is 130 Å². The zero-order valence-corrected chi connectivity index (χ0v) is 18.2. The third-order valence-corrected chi connectivity index (χ3v) is 5.40. The van der Waals surface area contributed by atoms with E-state index in [2.05, 4.69) is 10.3 Å². The van der Waals surface area contributed by atoms with Crippen molar-refractivity contribution in [2.45, 2.75) is 13.1 Å². The number of aromatic amines is 1. The summed E-state index contributed by atoms with van der Waals surface area (Å²) in [5.41, 5.74) is 1.03. The molecule has 0 saturated carbocycles. The van der Waals surface area contributed by atoms with Gasteiger partial charge in [0.05, 0.1) is 30.1 Å². The fraction of sp³-hybridized carbons (Fsp3) is 0.120. The Hall–Kier alpha value is -4.66. The molecule has 9 heteroatoms. The van der Waals surface area contributed by atoms with Gasteiger partial charge in [0.15, 0.2) is 0 Å². The lowest BCUT2D eigenvalue weighted by molar-refractivity contribution is 0.0696. The molecule has 0 saturated heterocycles. The lowest BCUT2D eigenvalue weighted by Crippen LogP contribution is -2.35. The smallest absolute Gasteiger partial charge is 0.335 e. The van der Waals surface area contributed by atoms with Crippen molar-refractivity contribution < 1.29 is 19.4 Å². The van der Waals surface area contributed by atoms with Crippen molar-refractivity contribution in [3.8, 4) is 5.75 Å². The molecule has 4 rings (SSSR count). The molecule has 0 spiro atoms. The number of aromatic nitrogens is 2. The number of carbonyl (C=O) groups excluding carboxylic acids is 1. The van der Waals surface area contributed by atoms with Crippen LogP contribution in [0.3, 0.4) is 0 Å². The number of ether oxygens (including phenoxy) is 1. The number of benzene rings is 3. The Labute approximate surface area is 193 Å². The molecular formula is C25H21N3O6. The first-order valence-electron chi connectivity index (χ1n) is 10.4. The Bertz CT molecular complexity index is 1480. The van der Waals surface area contributed by atoms with E-state index in [0.717, 1.165) is 10.1 Å². The van der Waals surface area contributed by atoms with Crippen molar-refractivity contribution >= 4 is 22.8 Å². The molecule has 0 fully saturated rings. The fourth-order valence-electron chi connectivity index (χ4n) is 3.50. The summed E-state index contributed by atoms with van der Waals surface area (Å²) in [4.78, 5) is 51.9. The largest absolute Gasteiger partial charge is 0.497 e. The van der Waals surface area contributed by atoms with E-state index in [4.69, 9.17) is 9.84 Å². The van der Waals surface area contributed by atoms with Crippen LogP contribution in [-0.2, 0) is 13.1 Å². The number of nitrogens with zero attached hydrogens (tertiary/aromatic N) is 1. The lowest BCUT2D eigenvalue weighted by atomic mass is 10.1. The van der Waals surface area contributed by atoms with E-state index in [1.54, 1.807) is 31.4 Å². The highest BCUT2D eigenvalue weighted by molar-refractivity contribution is 5.97. The van der Waals surface area contributed by atoms with Crippen molar-refractivity contribution in [3.05, 3.63) is 110 Å². The molecule has 9 nitrogen and oxygen atoms in total. The molecule has 34 heavy (non-hydrogen) atoms. The first kappa shape index (κ1) is 22.5. The second kappa shape index (κ2) is 9.45. The van der Waals surface area contributed by atoms with Crippen LogP contribution in [-0.4, -0.2) is 33.6 Å². The monoisotopic (exact) mass is 459 g/mol. The Balaban J connectivity index is 1.58. The number of hydrogen-bond acceptors (Lipinski definition) is 5. The molecule has 0 atom stereocenters. The predicted molar refractivity (Wildman–Crippen MR) is 125 cm³/mol. The molecule has 0 aliphatic carbocycles. The molecule has 3 N–H and O–H groups in total. The fourth-order valence-corrected chi connectivity index (χ4v) is 3.50. The maximum atomic E-state index is 13.0. The number of carboxylic acid groups (broad SMARTS) is 1. The molecule has 0 aliphatic rings. The standard InChI is InChI=1S/C25H21N3O6/c1-34-19-9-4-15(5-10-19)13-26-22(29)18-8-11-21-20(12-18)23(30)28(25(33)27-21)14-16-2-6-17(7-3-16)24(31)32/h2-12H,13-14H2,1H3,(H,26,29)(H,27,33)(H,31,32). The molecular weight excluding hydrogens is 438 g/mol. The summed E-state index contributed by atoms with van der Waals surface area (Å²) < 4.78 is 6.13. The number of nitrogens with one attached hydrogen (secondary N) is 2. The highest BCUT2D eigenvalue weighted by Gasteiger charge is 2.13. The van der Waals surface area contributed by atoms with Crippen LogP contribution >= 0.6 is 0 Å². The van der Waals surface area contributed by atoms with Gasteiger partial charge in [0.25, 0.3) is 11.5 Å². The summed E-state index contributed by atoms with van der Waals surface area (Å²) in [7, 11) is 1.58. The normalized spacial score (nSPS) is 10.7. The summed E-state index contributed by atoms with van der Waals surface area (Å²) in [6.45, 7) is 0.251. The van der Waals surface area contributed by atoms with Gasteiger partial charge in [-0.05, 0) is 53.6 Å². The molecule has 1 amide bonds. The minimum Gasteiger partial charge on any atom is -0.497 e. The predicted octanol–water partition coefficient (Wildman–Crippen LogP) is 2.37. The number of rotatable bonds is 7. The summed E-state index contributed by atoms with van der Waals surface area (Å²) in [6, 6.07) is 17.7. The van der Waals surface area contributed by atoms with Gasteiger partial charge in [-0.25, -0.2) is 9.59 Å². The zero-order valence-electron chi connectivity index (χ0n) is 18.2. The summed E-state index contributed by atoms with van der Waals surface area (Å²) in [5.74, 6) is -0.711. The van der Waals surface area contributed by atoms with Gasteiger partial charge in [-0.3, -0.25) is 14.2 Å². The number of carbonyl (C=O) groups is 2. The second-order valence-corrected chi connectivity index (χ2v) is 7.61. The quantitative estimate of drug-likeness (QED) is 0.389. The van der Waals surface area contributed by atoms with E-state index < -0.39 is 17.2 Å². The molecule has 0 bridgehead atoms. The van der Waals surface area contributed by atoms with Gasteiger partial charge < -0.3 is 20.1 Å². The number of carboxylic acids is 1. The molecule has 0 aliphatic heterocycles. The maximum absolute atomic E-state index is 13.0. The van der Waals surface area contributed by atoms with Crippen LogP contribution in [0, 0.1) is 0 Å². The zero-order chi connectivity index (χ0) is 24.2. The van der Waals surface area contributed by atoms with Gasteiger partial charge >= 0.3 is 11.7 Å². The van der Waals surface area contributed by atoms with E-state index in [9.17, 15) is 19.2 Å². The third kappa shape index (κ3) is 4.73. The molecule has 4 aromatic rings. The van der Waals surface area contributed by atoms with Crippen molar-refractivity contribution in [1.82, 2.24) is 14.9 Å². The van der Waals surface area contributed by atoms with Crippen LogP contribution in [0.25, 0.3) is 10.9 Å². The lowest BCUT2D eigenvalue weighted by Gasteiger charge is -2.09. The van der Waals surface area contributed by atoms with Crippen molar-refractivity contribution in [3.63, 3.8) is 0 Å². The third-order valence-electron chi connectivity index (χ3n) is 5.40. The SMILES string of the molecule is COc1ccc(CNC(=O)c2ccc3[nH]c(=O)n(Cc4ccc(C(=O)O)cc4)c(=O)c3c2)cc1. The van der Waals surface area contributed by atoms with E-state index in [0.29, 0.717) is 23.4 Å². The van der Waals surface area contributed by atoms with E-state index in [-0.39, 0.29) is 29.0 Å². The molecule has 0 unspecified atom stereocenters. The van der Waals surface area contributed by atoms with Gasteiger partial charge in [-0.1, -0.05) is 24.3 Å². The maximum Gasteiger partial charge on any atom is 0.335 e. The van der Waals surface area contributed by atoms with Gasteiger partial charge in [-0.2, -0.15) is 0 Å². The number of amides is 1. The highest BCUT2D eigenvalue weighted by atomic mass is 16.5. The Morgan fingerprint density at radius 1 is 0.941 bits per heavy atom. The van der Waals surface area contributed by atoms with Gasteiger partial charge in [-0.15, -0.1) is 0 Å². The van der Waals surface area contributed by atoms with Crippen molar-refractivity contribution in [1.29, 1.82) is 0 Å². The number of methoxy groups -OCH3 is 1. The molecule has 0 radical (unpaired) electrons. The highest BCUT2D eigenvalue weighted by Crippen LogP contribution is 2.13. The van der Waals surface area contributed by atoms with Gasteiger partial charge in [0.1, 0.15) is 5.75 Å². The van der Waals surface area contributed by atoms with Gasteiger partial charge in [0.2, 0.25) is 0 Å². The Morgan fingerprint density at radius 3 is 2.24 bits per heavy atom. The van der Waals surface area contributed by atoms with Crippen LogP contribution < -0.4 is 21.3 Å².